The SMILES string of the molecule is CC(C)[C@H](N)C(=O)NCC(Cc1ccccc1)c1ccccc1. The van der Waals surface area contributed by atoms with Gasteiger partial charge in [0.15, 0.2) is 0 Å². The lowest BCUT2D eigenvalue weighted by atomic mass is 9.91. The van der Waals surface area contributed by atoms with Crippen LogP contribution >= 0.6 is 0 Å². The standard InChI is InChI=1S/C20H26N2O/c1-15(2)19(21)20(23)22-14-18(17-11-7-4-8-12-17)13-16-9-5-3-6-10-16/h3-12,15,18-19H,13-14,21H2,1-2H3,(H,22,23)/t18?,19-/m0/s1. The van der Waals surface area contributed by atoms with E-state index in [9.17, 15) is 4.79 Å². The van der Waals surface area contributed by atoms with Crippen LogP contribution in [0.15, 0.2) is 60.7 Å². The molecule has 1 unspecified atom stereocenters. The molecule has 1 amide bonds. The Morgan fingerprint density at radius 1 is 1.00 bits per heavy atom. The summed E-state index contributed by atoms with van der Waals surface area (Å²) in [4.78, 5) is 12.1. The molecule has 0 aromatic heterocycles. The van der Waals surface area contributed by atoms with Crippen LogP contribution in [0.4, 0.5) is 0 Å². The molecule has 0 fully saturated rings. The van der Waals surface area contributed by atoms with Crippen molar-refractivity contribution in [2.75, 3.05) is 6.54 Å². The van der Waals surface area contributed by atoms with Crippen LogP contribution in [0.1, 0.15) is 30.9 Å². The third-order valence-electron chi connectivity index (χ3n) is 4.14. The maximum absolute atomic E-state index is 12.1. The van der Waals surface area contributed by atoms with Crippen molar-refractivity contribution in [1.29, 1.82) is 0 Å². The summed E-state index contributed by atoms with van der Waals surface area (Å²) in [6, 6.07) is 20.2. The van der Waals surface area contributed by atoms with Crippen molar-refractivity contribution in [3.8, 4) is 0 Å². The highest BCUT2D eigenvalue weighted by atomic mass is 16.2. The molecule has 3 heteroatoms. The number of nitrogens with one attached hydrogen (secondary N) is 1. The summed E-state index contributed by atoms with van der Waals surface area (Å²) in [5.41, 5.74) is 8.42. The van der Waals surface area contributed by atoms with E-state index < -0.39 is 6.04 Å². The van der Waals surface area contributed by atoms with Crippen molar-refractivity contribution in [1.82, 2.24) is 5.32 Å². The Bertz CT molecular complexity index is 596. The molecule has 0 aliphatic rings. The van der Waals surface area contributed by atoms with E-state index >= 15 is 0 Å². The van der Waals surface area contributed by atoms with Crippen molar-refractivity contribution in [2.24, 2.45) is 11.7 Å². The molecule has 0 radical (unpaired) electrons. The fourth-order valence-corrected chi connectivity index (χ4v) is 2.58. The van der Waals surface area contributed by atoms with Gasteiger partial charge in [-0.05, 0) is 23.5 Å². The zero-order valence-electron chi connectivity index (χ0n) is 13.9. The molecule has 3 nitrogen and oxygen atoms in total. The summed E-state index contributed by atoms with van der Waals surface area (Å²) in [6.07, 6.45) is 0.891. The largest absolute Gasteiger partial charge is 0.354 e. The Morgan fingerprint density at radius 2 is 1.57 bits per heavy atom. The van der Waals surface area contributed by atoms with E-state index in [2.05, 4.69) is 29.6 Å². The van der Waals surface area contributed by atoms with E-state index in [0.717, 1.165) is 6.42 Å². The highest BCUT2D eigenvalue weighted by molar-refractivity contribution is 5.81. The maximum Gasteiger partial charge on any atom is 0.237 e. The molecule has 0 saturated carbocycles. The Kier molecular flexibility index (Phi) is 6.36. The average Bonchev–Trinajstić information content (AvgIpc) is 2.59. The molecule has 0 saturated heterocycles. The van der Waals surface area contributed by atoms with Crippen molar-refractivity contribution in [3.05, 3.63) is 71.8 Å². The zero-order chi connectivity index (χ0) is 16.7. The number of rotatable bonds is 7. The molecule has 2 aromatic rings. The number of hydrogen-bond acceptors (Lipinski definition) is 2. The first-order chi connectivity index (χ1) is 11.1. The molecule has 0 aliphatic heterocycles. The van der Waals surface area contributed by atoms with E-state index in [1.54, 1.807) is 0 Å². The quantitative estimate of drug-likeness (QED) is 0.825. The predicted molar refractivity (Wildman–Crippen MR) is 95.2 cm³/mol. The van der Waals surface area contributed by atoms with E-state index in [1.807, 2.05) is 50.2 Å². The Balaban J connectivity index is 2.07. The van der Waals surface area contributed by atoms with Gasteiger partial charge in [0.2, 0.25) is 5.91 Å². The lowest BCUT2D eigenvalue weighted by molar-refractivity contribution is -0.123. The molecular weight excluding hydrogens is 284 g/mol. The topological polar surface area (TPSA) is 55.1 Å². The van der Waals surface area contributed by atoms with E-state index in [0.29, 0.717) is 6.54 Å². The smallest absolute Gasteiger partial charge is 0.237 e. The summed E-state index contributed by atoms with van der Waals surface area (Å²) < 4.78 is 0. The Hall–Kier alpha value is -2.13. The first-order valence-electron chi connectivity index (χ1n) is 8.20. The van der Waals surface area contributed by atoms with Gasteiger partial charge in [0.05, 0.1) is 6.04 Å². The first-order valence-corrected chi connectivity index (χ1v) is 8.20. The number of carbonyl (C=O) groups is 1. The minimum absolute atomic E-state index is 0.0750. The molecule has 0 aliphatic carbocycles. The van der Waals surface area contributed by atoms with Gasteiger partial charge in [-0.1, -0.05) is 74.5 Å². The van der Waals surface area contributed by atoms with Crippen LogP contribution in [0.2, 0.25) is 0 Å². The molecule has 23 heavy (non-hydrogen) atoms. The lowest BCUT2D eigenvalue weighted by Crippen LogP contribution is -2.45. The van der Waals surface area contributed by atoms with Gasteiger partial charge in [-0.3, -0.25) is 4.79 Å². The maximum atomic E-state index is 12.1. The summed E-state index contributed by atoms with van der Waals surface area (Å²) >= 11 is 0. The van der Waals surface area contributed by atoms with Gasteiger partial charge in [0, 0.05) is 12.5 Å². The van der Waals surface area contributed by atoms with Crippen molar-refractivity contribution in [2.45, 2.75) is 32.2 Å². The zero-order valence-corrected chi connectivity index (χ0v) is 13.9. The molecule has 2 atom stereocenters. The molecule has 0 heterocycles. The monoisotopic (exact) mass is 310 g/mol. The Labute approximate surface area is 138 Å². The number of hydrogen-bond donors (Lipinski definition) is 2. The van der Waals surface area contributed by atoms with Crippen LogP contribution in [0.3, 0.4) is 0 Å². The highest BCUT2D eigenvalue weighted by Crippen LogP contribution is 2.20. The van der Waals surface area contributed by atoms with Gasteiger partial charge >= 0.3 is 0 Å². The molecule has 3 N–H and O–H groups in total. The minimum atomic E-state index is -0.455. The van der Waals surface area contributed by atoms with Gasteiger partial charge in [-0.25, -0.2) is 0 Å². The second-order valence-corrected chi connectivity index (χ2v) is 6.31. The van der Waals surface area contributed by atoms with Crippen LogP contribution in [0, 0.1) is 5.92 Å². The third kappa shape index (κ3) is 5.22. The normalized spacial score (nSPS) is 13.6. The van der Waals surface area contributed by atoms with Gasteiger partial charge in [-0.2, -0.15) is 0 Å². The van der Waals surface area contributed by atoms with Crippen LogP contribution in [0.25, 0.3) is 0 Å². The van der Waals surface area contributed by atoms with Crippen molar-refractivity contribution in [3.63, 3.8) is 0 Å². The van der Waals surface area contributed by atoms with E-state index in [4.69, 9.17) is 5.73 Å². The van der Waals surface area contributed by atoms with Crippen molar-refractivity contribution >= 4 is 5.91 Å². The minimum Gasteiger partial charge on any atom is -0.354 e. The third-order valence-corrected chi connectivity index (χ3v) is 4.14. The molecule has 2 aromatic carbocycles. The summed E-state index contributed by atoms with van der Waals surface area (Å²) in [7, 11) is 0. The van der Waals surface area contributed by atoms with Crippen LogP contribution in [-0.4, -0.2) is 18.5 Å². The number of amides is 1. The van der Waals surface area contributed by atoms with Crippen LogP contribution in [0.5, 0.6) is 0 Å². The highest BCUT2D eigenvalue weighted by Gasteiger charge is 2.19. The second kappa shape index (κ2) is 8.49. The molecule has 0 bridgehead atoms. The van der Waals surface area contributed by atoms with E-state index in [1.165, 1.54) is 11.1 Å². The fourth-order valence-electron chi connectivity index (χ4n) is 2.58. The molecular formula is C20H26N2O. The number of carbonyl (C=O) groups excluding carboxylic acids is 1. The van der Waals surface area contributed by atoms with Gasteiger partial charge in [0.25, 0.3) is 0 Å². The fraction of sp³-hybridized carbons (Fsp3) is 0.350. The second-order valence-electron chi connectivity index (χ2n) is 6.31. The summed E-state index contributed by atoms with van der Waals surface area (Å²) in [5.74, 6) is 0.301. The Morgan fingerprint density at radius 3 is 2.13 bits per heavy atom. The number of nitrogens with two attached hydrogens (primary N) is 1. The first kappa shape index (κ1) is 17.2. The summed E-state index contributed by atoms with van der Waals surface area (Å²) in [6.45, 7) is 4.52. The van der Waals surface area contributed by atoms with Crippen molar-refractivity contribution < 1.29 is 4.79 Å². The van der Waals surface area contributed by atoms with Gasteiger partial charge in [-0.15, -0.1) is 0 Å². The predicted octanol–water partition coefficient (Wildman–Crippen LogP) is 3.11. The van der Waals surface area contributed by atoms with E-state index in [-0.39, 0.29) is 17.7 Å². The van der Waals surface area contributed by atoms with Crippen LogP contribution in [-0.2, 0) is 11.2 Å². The number of benzene rings is 2. The van der Waals surface area contributed by atoms with Crippen LogP contribution < -0.4 is 11.1 Å². The van der Waals surface area contributed by atoms with Gasteiger partial charge in [0.1, 0.15) is 0 Å². The summed E-state index contributed by atoms with van der Waals surface area (Å²) in [5, 5.41) is 3.02. The molecule has 122 valence electrons. The molecule has 0 spiro atoms. The molecule has 2 rings (SSSR count). The lowest BCUT2D eigenvalue weighted by Gasteiger charge is -2.21. The van der Waals surface area contributed by atoms with Gasteiger partial charge < -0.3 is 11.1 Å². The average molecular weight is 310 g/mol.